The minimum Gasteiger partial charge on any atom is -0.484 e. The first kappa shape index (κ1) is 12.7. The van der Waals surface area contributed by atoms with Gasteiger partial charge in [0.05, 0.1) is 12.3 Å². The van der Waals surface area contributed by atoms with Crippen LogP contribution in [-0.2, 0) is 13.6 Å². The average molecular weight is 267 g/mol. The second-order valence-corrected chi connectivity index (χ2v) is 5.04. The Bertz CT molecular complexity index is 519. The Morgan fingerprint density at radius 2 is 2.33 bits per heavy atom. The number of ether oxygens (including phenoxy) is 1. The van der Waals surface area contributed by atoms with Gasteiger partial charge in [0.1, 0.15) is 0 Å². The van der Waals surface area contributed by atoms with Gasteiger partial charge < -0.3 is 15.8 Å². The molecule has 0 aliphatic rings. The Morgan fingerprint density at radius 1 is 1.56 bits per heavy atom. The Morgan fingerprint density at radius 3 is 2.94 bits per heavy atom. The summed E-state index contributed by atoms with van der Waals surface area (Å²) in [6.45, 7) is 4.59. The molecular formula is C11H17N5OS. The fourth-order valence-corrected chi connectivity index (χ4v) is 2.15. The summed E-state index contributed by atoms with van der Waals surface area (Å²) in [5, 5.41) is 8.23. The summed E-state index contributed by atoms with van der Waals surface area (Å²) < 4.78 is 11.5. The summed E-state index contributed by atoms with van der Waals surface area (Å²) in [6.07, 6.45) is 3.85. The first-order valence-corrected chi connectivity index (χ1v) is 6.46. The molecule has 3 N–H and O–H groups in total. The van der Waals surface area contributed by atoms with Crippen LogP contribution in [0.25, 0.3) is 0 Å². The van der Waals surface area contributed by atoms with E-state index in [9.17, 15) is 0 Å². The smallest absolute Gasteiger partial charge is 0.197 e. The summed E-state index contributed by atoms with van der Waals surface area (Å²) in [4.78, 5) is 0. The molecule has 98 valence electrons. The van der Waals surface area contributed by atoms with Crippen LogP contribution in [-0.4, -0.2) is 20.3 Å². The summed E-state index contributed by atoms with van der Waals surface area (Å²) in [6, 6.07) is 0. The number of aromatic nitrogens is 3. The summed E-state index contributed by atoms with van der Waals surface area (Å²) in [5.41, 5.74) is 6.88. The monoisotopic (exact) mass is 267 g/mol. The van der Waals surface area contributed by atoms with Crippen molar-refractivity contribution < 1.29 is 4.74 Å². The van der Waals surface area contributed by atoms with Crippen LogP contribution < -0.4 is 15.8 Å². The van der Waals surface area contributed by atoms with E-state index in [0.29, 0.717) is 18.1 Å². The Kier molecular flexibility index (Phi) is 3.71. The molecule has 0 spiro atoms. The van der Waals surface area contributed by atoms with E-state index in [1.165, 1.54) is 11.5 Å². The van der Waals surface area contributed by atoms with Crippen LogP contribution in [0.5, 0.6) is 5.75 Å². The fraction of sp³-hybridized carbons (Fsp3) is 0.455. The van der Waals surface area contributed by atoms with Gasteiger partial charge in [-0.25, -0.2) is 0 Å². The number of rotatable bonds is 5. The topological polar surface area (TPSA) is 78.0 Å². The second kappa shape index (κ2) is 5.26. The van der Waals surface area contributed by atoms with Gasteiger partial charge in [-0.1, -0.05) is 0 Å². The molecule has 6 nitrogen and oxygen atoms in total. The van der Waals surface area contributed by atoms with Crippen LogP contribution >= 0.6 is 11.5 Å². The highest BCUT2D eigenvalue weighted by Gasteiger charge is 2.14. The zero-order valence-electron chi connectivity index (χ0n) is 10.7. The predicted octanol–water partition coefficient (Wildman–Crippen LogP) is 1.86. The lowest BCUT2D eigenvalue weighted by atomic mass is 10.3. The molecule has 0 aromatic carbocycles. The third-order valence-electron chi connectivity index (χ3n) is 2.24. The summed E-state index contributed by atoms with van der Waals surface area (Å²) >= 11 is 1.31. The third-order valence-corrected chi connectivity index (χ3v) is 3.04. The number of nitrogens with zero attached hydrogens (tertiary/aromatic N) is 3. The van der Waals surface area contributed by atoms with Gasteiger partial charge in [-0.3, -0.25) is 4.68 Å². The van der Waals surface area contributed by atoms with Crippen LogP contribution in [0.2, 0.25) is 0 Å². The molecule has 0 aliphatic carbocycles. The molecule has 0 radical (unpaired) electrons. The van der Waals surface area contributed by atoms with Crippen LogP contribution in [0, 0.1) is 0 Å². The third kappa shape index (κ3) is 2.92. The Hall–Kier alpha value is -1.76. The lowest BCUT2D eigenvalue weighted by Crippen LogP contribution is -2.08. The largest absolute Gasteiger partial charge is 0.484 e. The molecule has 0 saturated heterocycles. The number of hydrogen-bond donors (Lipinski definition) is 2. The van der Waals surface area contributed by atoms with Crippen molar-refractivity contribution in [3.63, 3.8) is 0 Å². The maximum atomic E-state index is 5.78. The minimum absolute atomic E-state index is 0.0719. The van der Waals surface area contributed by atoms with Crippen molar-refractivity contribution in [2.24, 2.45) is 7.05 Å². The van der Waals surface area contributed by atoms with E-state index < -0.39 is 0 Å². The molecule has 2 aromatic rings. The van der Waals surface area contributed by atoms with Crippen molar-refractivity contribution in [3.8, 4) is 5.75 Å². The molecular weight excluding hydrogens is 250 g/mol. The molecule has 0 unspecified atom stereocenters. The van der Waals surface area contributed by atoms with Crippen LogP contribution in [0.4, 0.5) is 10.8 Å². The molecule has 2 heterocycles. The number of nitrogens with one attached hydrogen (secondary N) is 1. The number of nitrogens with two attached hydrogens (primary N) is 1. The van der Waals surface area contributed by atoms with Gasteiger partial charge in [-0.05, 0) is 25.4 Å². The van der Waals surface area contributed by atoms with E-state index in [1.807, 2.05) is 33.3 Å². The van der Waals surface area contributed by atoms with Gasteiger partial charge in [0.15, 0.2) is 16.6 Å². The highest BCUT2D eigenvalue weighted by atomic mass is 32.1. The molecule has 0 atom stereocenters. The first-order valence-electron chi connectivity index (χ1n) is 5.69. The van der Waals surface area contributed by atoms with Crippen molar-refractivity contribution in [3.05, 3.63) is 18.0 Å². The molecule has 18 heavy (non-hydrogen) atoms. The van der Waals surface area contributed by atoms with Gasteiger partial charge >= 0.3 is 0 Å². The lowest BCUT2D eigenvalue weighted by Gasteiger charge is -2.11. The van der Waals surface area contributed by atoms with Gasteiger partial charge in [0.2, 0.25) is 0 Å². The number of anilines is 2. The quantitative estimate of drug-likeness (QED) is 0.864. The molecule has 0 bridgehead atoms. The molecule has 2 rings (SSSR count). The maximum Gasteiger partial charge on any atom is 0.197 e. The second-order valence-electron chi connectivity index (χ2n) is 4.27. The van der Waals surface area contributed by atoms with Crippen molar-refractivity contribution in [1.82, 2.24) is 14.2 Å². The molecule has 0 amide bonds. The maximum absolute atomic E-state index is 5.78. The fourth-order valence-electron chi connectivity index (χ4n) is 1.50. The van der Waals surface area contributed by atoms with E-state index in [0.717, 1.165) is 10.6 Å². The molecule has 0 aliphatic heterocycles. The van der Waals surface area contributed by atoms with Gasteiger partial charge in [-0.2, -0.15) is 9.47 Å². The first-order chi connectivity index (χ1) is 8.56. The van der Waals surface area contributed by atoms with E-state index in [4.69, 9.17) is 10.5 Å². The summed E-state index contributed by atoms with van der Waals surface area (Å²) in [5.74, 6) is 1.07. The molecule has 7 heteroatoms. The van der Waals surface area contributed by atoms with E-state index in [1.54, 1.807) is 4.68 Å². The average Bonchev–Trinajstić information content (AvgIpc) is 2.85. The molecule has 0 fully saturated rings. The number of nitrogen functional groups attached to an aromatic ring is 1. The zero-order valence-corrected chi connectivity index (χ0v) is 11.5. The number of aryl methyl sites for hydroxylation is 1. The van der Waals surface area contributed by atoms with E-state index in [2.05, 4.69) is 14.8 Å². The molecule has 2 aromatic heterocycles. The van der Waals surface area contributed by atoms with Crippen LogP contribution in [0.15, 0.2) is 12.4 Å². The Labute approximate surface area is 110 Å². The van der Waals surface area contributed by atoms with Crippen molar-refractivity contribution in [2.75, 3.05) is 11.1 Å². The minimum atomic E-state index is 0.0719. The van der Waals surface area contributed by atoms with Crippen LogP contribution in [0.3, 0.4) is 0 Å². The Balaban J connectivity index is 2.05. The predicted molar refractivity (Wildman–Crippen MR) is 72.8 cm³/mol. The van der Waals surface area contributed by atoms with E-state index in [-0.39, 0.29) is 6.10 Å². The SMILES string of the molecule is CC(C)Oc1c(N)nsc1NCc1cnn(C)c1. The highest BCUT2D eigenvalue weighted by Crippen LogP contribution is 2.36. The summed E-state index contributed by atoms with van der Waals surface area (Å²) in [7, 11) is 1.89. The lowest BCUT2D eigenvalue weighted by molar-refractivity contribution is 0.245. The van der Waals surface area contributed by atoms with Crippen molar-refractivity contribution in [1.29, 1.82) is 0 Å². The van der Waals surface area contributed by atoms with Crippen LogP contribution in [0.1, 0.15) is 19.4 Å². The van der Waals surface area contributed by atoms with Crippen molar-refractivity contribution in [2.45, 2.75) is 26.5 Å². The number of hydrogen-bond acceptors (Lipinski definition) is 6. The van der Waals surface area contributed by atoms with Gasteiger partial charge in [0.25, 0.3) is 0 Å². The normalized spacial score (nSPS) is 10.9. The van der Waals surface area contributed by atoms with Gasteiger partial charge in [0, 0.05) is 25.4 Å². The van der Waals surface area contributed by atoms with E-state index >= 15 is 0 Å². The standard InChI is InChI=1S/C11H17N5OS/c1-7(2)17-9-10(12)15-18-11(9)13-4-8-5-14-16(3)6-8/h5-7,13H,4H2,1-3H3,(H2,12,15). The zero-order chi connectivity index (χ0) is 13.1. The molecule has 0 saturated carbocycles. The highest BCUT2D eigenvalue weighted by molar-refractivity contribution is 7.11. The van der Waals surface area contributed by atoms with Gasteiger partial charge in [-0.15, -0.1) is 0 Å². The van der Waals surface area contributed by atoms with Crippen molar-refractivity contribution >= 4 is 22.4 Å².